The Labute approximate surface area is 97.5 Å². The number of rotatable bonds is 5. The smallest absolute Gasteiger partial charge is 0.111 e. The molecule has 0 bridgehead atoms. The maximum absolute atomic E-state index is 10.1. The summed E-state index contributed by atoms with van der Waals surface area (Å²) in [6.07, 6.45) is 6.55. The number of aliphatic hydroxyl groups excluding tert-OH is 1. The predicted octanol–water partition coefficient (Wildman–Crippen LogP) is 2.24. The van der Waals surface area contributed by atoms with Crippen molar-refractivity contribution in [3.05, 3.63) is 18.2 Å². The van der Waals surface area contributed by atoms with Gasteiger partial charge in [-0.15, -0.1) is 0 Å². The molecule has 90 valence electrons. The Morgan fingerprint density at radius 3 is 2.88 bits per heavy atom. The zero-order chi connectivity index (χ0) is 11.8. The first kappa shape index (κ1) is 11.6. The molecule has 2 atom stereocenters. The molecule has 1 aliphatic rings. The van der Waals surface area contributed by atoms with E-state index in [9.17, 15) is 5.11 Å². The summed E-state index contributed by atoms with van der Waals surface area (Å²) in [7, 11) is 0. The van der Waals surface area contributed by atoms with Gasteiger partial charge in [-0.3, -0.25) is 0 Å². The summed E-state index contributed by atoms with van der Waals surface area (Å²) in [4.78, 5) is 4.34. The minimum Gasteiger partial charge on any atom is -0.392 e. The molecule has 1 aromatic heterocycles. The van der Waals surface area contributed by atoms with Gasteiger partial charge in [0.25, 0.3) is 0 Å². The van der Waals surface area contributed by atoms with Gasteiger partial charge in [0.05, 0.1) is 6.10 Å². The molecule has 1 heterocycles. The zero-order valence-corrected chi connectivity index (χ0v) is 10.5. The minimum absolute atomic E-state index is 0.229. The largest absolute Gasteiger partial charge is 0.392 e. The second kappa shape index (κ2) is 4.21. The van der Waals surface area contributed by atoms with E-state index in [1.807, 2.05) is 12.4 Å². The lowest BCUT2D eigenvalue weighted by Gasteiger charge is -2.13. The van der Waals surface area contributed by atoms with E-state index in [2.05, 4.69) is 30.3 Å². The molecule has 0 amide bonds. The second-order valence-corrected chi connectivity index (χ2v) is 5.61. The van der Waals surface area contributed by atoms with Gasteiger partial charge in [-0.1, -0.05) is 20.8 Å². The first-order valence-electron chi connectivity index (χ1n) is 6.22. The van der Waals surface area contributed by atoms with Crippen molar-refractivity contribution in [1.29, 1.82) is 0 Å². The molecule has 1 aromatic rings. The standard InChI is InChI=1S/C13H22N2O/c1-4-6-15-7-5-14-12(15)8-11(16)10-9-13(10,2)3/h5,7,10-11,16H,4,6,8-9H2,1-3H3. The molecule has 0 spiro atoms. The van der Waals surface area contributed by atoms with Crippen LogP contribution in [0.15, 0.2) is 12.4 Å². The van der Waals surface area contributed by atoms with Crippen LogP contribution in [0.3, 0.4) is 0 Å². The molecule has 1 N–H and O–H groups in total. The molecule has 1 aliphatic carbocycles. The fourth-order valence-electron chi connectivity index (χ4n) is 2.47. The molecule has 0 radical (unpaired) electrons. The fourth-order valence-corrected chi connectivity index (χ4v) is 2.47. The Kier molecular flexibility index (Phi) is 3.06. The van der Waals surface area contributed by atoms with Crippen molar-refractivity contribution >= 4 is 0 Å². The van der Waals surface area contributed by atoms with Crippen LogP contribution < -0.4 is 0 Å². The van der Waals surface area contributed by atoms with Gasteiger partial charge in [-0.05, 0) is 24.2 Å². The van der Waals surface area contributed by atoms with Crippen molar-refractivity contribution < 1.29 is 5.11 Å². The highest BCUT2D eigenvalue weighted by Gasteiger charge is 2.49. The third-order valence-electron chi connectivity index (χ3n) is 3.71. The summed E-state index contributed by atoms with van der Waals surface area (Å²) in [6.45, 7) is 7.60. The number of nitrogens with zero attached hydrogens (tertiary/aromatic N) is 2. The highest BCUT2D eigenvalue weighted by atomic mass is 16.3. The number of hydrogen-bond donors (Lipinski definition) is 1. The van der Waals surface area contributed by atoms with Crippen molar-refractivity contribution in [1.82, 2.24) is 9.55 Å². The zero-order valence-electron chi connectivity index (χ0n) is 10.5. The molecule has 2 unspecified atom stereocenters. The van der Waals surface area contributed by atoms with E-state index in [4.69, 9.17) is 0 Å². The van der Waals surface area contributed by atoms with Crippen LogP contribution in [0, 0.1) is 11.3 Å². The van der Waals surface area contributed by atoms with E-state index >= 15 is 0 Å². The number of aliphatic hydroxyl groups is 1. The molecule has 1 fully saturated rings. The highest BCUT2D eigenvalue weighted by Crippen LogP contribution is 2.53. The Hall–Kier alpha value is -0.830. The Morgan fingerprint density at radius 2 is 2.31 bits per heavy atom. The summed E-state index contributed by atoms with van der Waals surface area (Å²) >= 11 is 0. The molecule has 0 aromatic carbocycles. The van der Waals surface area contributed by atoms with Crippen molar-refractivity contribution in [2.45, 2.75) is 52.7 Å². The molecule has 3 nitrogen and oxygen atoms in total. The molecule has 1 saturated carbocycles. The summed E-state index contributed by atoms with van der Waals surface area (Å²) < 4.78 is 2.15. The van der Waals surface area contributed by atoms with E-state index in [0.717, 1.165) is 25.2 Å². The van der Waals surface area contributed by atoms with Crippen LogP contribution >= 0.6 is 0 Å². The molecule has 3 heteroatoms. The van der Waals surface area contributed by atoms with Crippen LogP contribution in [0.5, 0.6) is 0 Å². The van der Waals surface area contributed by atoms with Crippen LogP contribution in [0.2, 0.25) is 0 Å². The van der Waals surface area contributed by atoms with Crippen LogP contribution in [0.25, 0.3) is 0 Å². The fraction of sp³-hybridized carbons (Fsp3) is 0.769. The van der Waals surface area contributed by atoms with Gasteiger partial charge in [0.15, 0.2) is 0 Å². The Bertz CT molecular complexity index is 357. The first-order valence-corrected chi connectivity index (χ1v) is 6.22. The van der Waals surface area contributed by atoms with E-state index in [1.54, 1.807) is 0 Å². The second-order valence-electron chi connectivity index (χ2n) is 5.61. The van der Waals surface area contributed by atoms with Gasteiger partial charge < -0.3 is 9.67 Å². The van der Waals surface area contributed by atoms with Crippen molar-refractivity contribution in [2.24, 2.45) is 11.3 Å². The number of hydrogen-bond acceptors (Lipinski definition) is 2. The maximum atomic E-state index is 10.1. The minimum atomic E-state index is -0.229. The first-order chi connectivity index (χ1) is 7.54. The average molecular weight is 222 g/mol. The van der Waals surface area contributed by atoms with Crippen LogP contribution in [0.4, 0.5) is 0 Å². The SMILES string of the molecule is CCCn1ccnc1CC(O)C1CC1(C)C. The Balaban J connectivity index is 1.96. The molecule has 0 aliphatic heterocycles. The third kappa shape index (κ3) is 2.29. The van der Waals surface area contributed by atoms with Crippen molar-refractivity contribution in [3.8, 4) is 0 Å². The molecular weight excluding hydrogens is 200 g/mol. The summed E-state index contributed by atoms with van der Waals surface area (Å²) in [5.74, 6) is 1.48. The molecule has 2 rings (SSSR count). The van der Waals surface area contributed by atoms with Crippen LogP contribution in [-0.2, 0) is 13.0 Å². The normalized spacial score (nSPS) is 24.4. The van der Waals surface area contributed by atoms with Crippen molar-refractivity contribution in [3.63, 3.8) is 0 Å². The number of aryl methyl sites for hydroxylation is 1. The van der Waals surface area contributed by atoms with E-state index in [-0.39, 0.29) is 6.10 Å². The van der Waals surface area contributed by atoms with Gasteiger partial charge in [-0.25, -0.2) is 4.98 Å². The summed E-state index contributed by atoms with van der Waals surface area (Å²) in [5, 5.41) is 10.1. The lowest BCUT2D eigenvalue weighted by atomic mass is 10.0. The summed E-state index contributed by atoms with van der Waals surface area (Å²) in [5.41, 5.74) is 0.335. The van der Waals surface area contributed by atoms with Gasteiger partial charge in [0.2, 0.25) is 0 Å². The average Bonchev–Trinajstić information content (AvgIpc) is 2.65. The van der Waals surface area contributed by atoms with E-state index < -0.39 is 0 Å². The van der Waals surface area contributed by atoms with Gasteiger partial charge >= 0.3 is 0 Å². The monoisotopic (exact) mass is 222 g/mol. The number of aromatic nitrogens is 2. The molecule has 16 heavy (non-hydrogen) atoms. The van der Waals surface area contributed by atoms with Gasteiger partial charge in [-0.2, -0.15) is 0 Å². The maximum Gasteiger partial charge on any atom is 0.111 e. The topological polar surface area (TPSA) is 38.0 Å². The molecule has 0 saturated heterocycles. The Morgan fingerprint density at radius 1 is 1.62 bits per heavy atom. The van der Waals surface area contributed by atoms with E-state index in [1.165, 1.54) is 0 Å². The third-order valence-corrected chi connectivity index (χ3v) is 3.71. The van der Waals surface area contributed by atoms with Gasteiger partial charge in [0.1, 0.15) is 5.82 Å². The lowest BCUT2D eigenvalue weighted by molar-refractivity contribution is 0.133. The lowest BCUT2D eigenvalue weighted by Crippen LogP contribution is -2.19. The predicted molar refractivity (Wildman–Crippen MR) is 64.1 cm³/mol. The van der Waals surface area contributed by atoms with E-state index in [0.29, 0.717) is 17.8 Å². The molecular formula is C13H22N2O. The van der Waals surface area contributed by atoms with Crippen LogP contribution in [-0.4, -0.2) is 20.8 Å². The van der Waals surface area contributed by atoms with Gasteiger partial charge in [0, 0.05) is 25.4 Å². The number of imidazole rings is 1. The quantitative estimate of drug-likeness (QED) is 0.829. The summed E-state index contributed by atoms with van der Waals surface area (Å²) in [6, 6.07) is 0. The van der Waals surface area contributed by atoms with Crippen molar-refractivity contribution in [2.75, 3.05) is 0 Å². The van der Waals surface area contributed by atoms with Crippen LogP contribution in [0.1, 0.15) is 39.4 Å². The highest BCUT2D eigenvalue weighted by molar-refractivity contribution is 5.03.